The van der Waals surface area contributed by atoms with Gasteiger partial charge >= 0.3 is 5.97 Å². The lowest BCUT2D eigenvalue weighted by molar-refractivity contribution is -0.142. The van der Waals surface area contributed by atoms with Crippen LogP contribution in [0, 0.1) is 5.92 Å². The summed E-state index contributed by atoms with van der Waals surface area (Å²) in [6.45, 7) is 0.320. The Kier molecular flexibility index (Phi) is 3.79. The van der Waals surface area contributed by atoms with E-state index in [-0.39, 0.29) is 11.6 Å². The van der Waals surface area contributed by atoms with Gasteiger partial charge in [-0.05, 0) is 40.9 Å². The fraction of sp³-hybridized carbons (Fsp3) is 0.500. The molecule has 0 bridgehead atoms. The first-order chi connectivity index (χ1) is 8.41. The van der Waals surface area contributed by atoms with Gasteiger partial charge in [0.15, 0.2) is 4.67 Å². The number of hydrogen-bond acceptors (Lipinski definition) is 4. The van der Waals surface area contributed by atoms with Crippen molar-refractivity contribution in [1.82, 2.24) is 4.31 Å². The van der Waals surface area contributed by atoms with Crippen molar-refractivity contribution in [3.8, 4) is 0 Å². The molecule has 0 spiro atoms. The molecule has 1 aromatic rings. The van der Waals surface area contributed by atoms with Crippen LogP contribution < -0.4 is 0 Å². The lowest BCUT2D eigenvalue weighted by atomic mass is 10.0. The average Bonchev–Trinajstić information content (AvgIpc) is 2.77. The van der Waals surface area contributed by atoms with E-state index in [1.54, 1.807) is 0 Å². The van der Waals surface area contributed by atoms with Crippen molar-refractivity contribution >= 4 is 31.9 Å². The molecule has 0 radical (unpaired) electrons. The molecule has 0 aliphatic carbocycles. The van der Waals surface area contributed by atoms with Crippen LogP contribution in [0.4, 0.5) is 0 Å². The summed E-state index contributed by atoms with van der Waals surface area (Å²) in [5, 5.41) is 8.78. The Hall–Kier alpha value is -0.860. The van der Waals surface area contributed by atoms with Gasteiger partial charge in [0.2, 0.25) is 5.09 Å². The van der Waals surface area contributed by atoms with Crippen LogP contribution in [0.1, 0.15) is 12.8 Å². The predicted octanol–water partition coefficient (Wildman–Crippen LogP) is 1.53. The molecule has 8 heteroatoms. The molecule has 100 valence electrons. The van der Waals surface area contributed by atoms with Crippen LogP contribution in [0.5, 0.6) is 0 Å². The summed E-state index contributed by atoms with van der Waals surface area (Å²) in [7, 11) is -3.73. The topological polar surface area (TPSA) is 87.8 Å². The highest BCUT2D eigenvalue weighted by Crippen LogP contribution is 2.26. The second-order valence-corrected chi connectivity index (χ2v) is 6.75. The summed E-state index contributed by atoms with van der Waals surface area (Å²) in [5.41, 5.74) is 0. The van der Waals surface area contributed by atoms with Gasteiger partial charge < -0.3 is 9.52 Å². The monoisotopic (exact) mass is 337 g/mol. The first-order valence-electron chi connectivity index (χ1n) is 5.39. The molecule has 0 unspecified atom stereocenters. The summed E-state index contributed by atoms with van der Waals surface area (Å²) in [6, 6.07) is 2.84. The molecule has 2 rings (SSSR count). The number of sulfonamides is 1. The van der Waals surface area contributed by atoms with E-state index in [1.165, 1.54) is 16.4 Å². The van der Waals surface area contributed by atoms with E-state index in [0.717, 1.165) is 0 Å². The summed E-state index contributed by atoms with van der Waals surface area (Å²) in [5.74, 6) is -1.61. The quantitative estimate of drug-likeness (QED) is 0.903. The SMILES string of the molecule is O=C(O)[C@@H]1CCCN(S(=O)(=O)c2ccc(Br)o2)C1. The second-order valence-electron chi connectivity index (χ2n) is 4.10. The van der Waals surface area contributed by atoms with Gasteiger partial charge in [-0.3, -0.25) is 4.79 Å². The van der Waals surface area contributed by atoms with Crippen LogP contribution in [0.15, 0.2) is 26.3 Å². The van der Waals surface area contributed by atoms with Gasteiger partial charge in [0, 0.05) is 13.1 Å². The smallest absolute Gasteiger partial charge is 0.307 e. The number of hydrogen-bond donors (Lipinski definition) is 1. The van der Waals surface area contributed by atoms with E-state index in [4.69, 9.17) is 9.52 Å². The molecule has 1 aliphatic rings. The molecule has 1 N–H and O–H groups in total. The van der Waals surface area contributed by atoms with Gasteiger partial charge in [-0.2, -0.15) is 4.31 Å². The van der Waals surface area contributed by atoms with Crippen molar-refractivity contribution < 1.29 is 22.7 Å². The number of carbonyl (C=O) groups is 1. The van der Waals surface area contributed by atoms with Gasteiger partial charge in [-0.15, -0.1) is 0 Å². The van der Waals surface area contributed by atoms with E-state index in [0.29, 0.717) is 24.1 Å². The molecular formula is C10H12BrNO5S. The third kappa shape index (κ3) is 2.60. The predicted molar refractivity (Wildman–Crippen MR) is 65.5 cm³/mol. The van der Waals surface area contributed by atoms with Crippen LogP contribution >= 0.6 is 15.9 Å². The molecule has 1 saturated heterocycles. The van der Waals surface area contributed by atoms with Crippen LogP contribution in [-0.2, 0) is 14.8 Å². The molecule has 6 nitrogen and oxygen atoms in total. The Morgan fingerprint density at radius 3 is 2.78 bits per heavy atom. The van der Waals surface area contributed by atoms with Gasteiger partial charge in [-0.1, -0.05) is 0 Å². The number of carboxylic acid groups (broad SMARTS) is 1. The molecule has 1 atom stereocenters. The Balaban J connectivity index is 2.22. The standard InChI is InChI=1S/C10H12BrNO5S/c11-8-3-4-9(17-8)18(15,16)12-5-1-2-7(6-12)10(13)14/h3-4,7H,1-2,5-6H2,(H,13,14)/t7-/m1/s1. The summed E-state index contributed by atoms with van der Waals surface area (Å²) < 4.78 is 30.9. The molecule has 18 heavy (non-hydrogen) atoms. The maximum absolute atomic E-state index is 12.2. The third-order valence-electron chi connectivity index (χ3n) is 2.88. The van der Waals surface area contributed by atoms with Gasteiger partial charge in [0.25, 0.3) is 10.0 Å². The average molecular weight is 338 g/mol. The van der Waals surface area contributed by atoms with E-state index < -0.39 is 21.9 Å². The Morgan fingerprint density at radius 2 is 2.22 bits per heavy atom. The van der Waals surface area contributed by atoms with Crippen LogP contribution in [0.2, 0.25) is 0 Å². The highest BCUT2D eigenvalue weighted by atomic mass is 79.9. The number of carboxylic acids is 1. The number of aliphatic carboxylic acids is 1. The van der Waals surface area contributed by atoms with E-state index in [9.17, 15) is 13.2 Å². The number of halogens is 1. The largest absolute Gasteiger partial charge is 0.481 e. The number of nitrogens with zero attached hydrogens (tertiary/aromatic N) is 1. The van der Waals surface area contributed by atoms with Crippen molar-refractivity contribution in [1.29, 1.82) is 0 Å². The summed E-state index contributed by atoms with van der Waals surface area (Å²) >= 11 is 3.04. The highest BCUT2D eigenvalue weighted by molar-refractivity contribution is 9.10. The first kappa shape index (κ1) is 13.6. The van der Waals surface area contributed by atoms with Crippen molar-refractivity contribution in [2.75, 3.05) is 13.1 Å². The minimum absolute atomic E-state index is 0.00398. The molecular weight excluding hydrogens is 326 g/mol. The maximum Gasteiger partial charge on any atom is 0.307 e. The lowest BCUT2D eigenvalue weighted by Gasteiger charge is -2.28. The normalized spacial score (nSPS) is 21.9. The fourth-order valence-electron chi connectivity index (χ4n) is 1.93. The Morgan fingerprint density at radius 1 is 1.50 bits per heavy atom. The van der Waals surface area contributed by atoms with Crippen molar-refractivity contribution in [3.05, 3.63) is 16.8 Å². The third-order valence-corrected chi connectivity index (χ3v) is 5.04. The minimum atomic E-state index is -3.73. The summed E-state index contributed by atoms with van der Waals surface area (Å²) in [4.78, 5) is 10.9. The summed E-state index contributed by atoms with van der Waals surface area (Å²) in [6.07, 6.45) is 1.04. The van der Waals surface area contributed by atoms with Gasteiger partial charge in [-0.25, -0.2) is 8.42 Å². The lowest BCUT2D eigenvalue weighted by Crippen LogP contribution is -2.42. The van der Waals surface area contributed by atoms with E-state index in [1.807, 2.05) is 0 Å². The molecule has 1 aliphatic heterocycles. The zero-order chi connectivity index (χ0) is 13.3. The minimum Gasteiger partial charge on any atom is -0.481 e. The highest BCUT2D eigenvalue weighted by Gasteiger charge is 2.34. The zero-order valence-electron chi connectivity index (χ0n) is 9.37. The van der Waals surface area contributed by atoms with Crippen LogP contribution in [0.25, 0.3) is 0 Å². The molecule has 2 heterocycles. The van der Waals surface area contributed by atoms with Crippen LogP contribution in [-0.4, -0.2) is 36.9 Å². The maximum atomic E-state index is 12.2. The Bertz CT molecular complexity index is 552. The zero-order valence-corrected chi connectivity index (χ0v) is 11.8. The molecule has 1 fully saturated rings. The Labute approximate surface area is 113 Å². The van der Waals surface area contributed by atoms with Gasteiger partial charge in [0.1, 0.15) is 0 Å². The van der Waals surface area contributed by atoms with E-state index >= 15 is 0 Å². The van der Waals surface area contributed by atoms with Crippen molar-refractivity contribution in [3.63, 3.8) is 0 Å². The van der Waals surface area contributed by atoms with Gasteiger partial charge in [0.05, 0.1) is 5.92 Å². The molecule has 0 saturated carbocycles. The van der Waals surface area contributed by atoms with E-state index in [2.05, 4.69) is 15.9 Å². The van der Waals surface area contributed by atoms with Crippen molar-refractivity contribution in [2.24, 2.45) is 5.92 Å². The molecule has 0 amide bonds. The van der Waals surface area contributed by atoms with Crippen molar-refractivity contribution in [2.45, 2.75) is 17.9 Å². The number of piperidine rings is 1. The number of furan rings is 1. The molecule has 0 aromatic carbocycles. The molecule has 1 aromatic heterocycles. The first-order valence-corrected chi connectivity index (χ1v) is 7.63. The second kappa shape index (κ2) is 5.02. The number of rotatable bonds is 3. The van der Waals surface area contributed by atoms with Crippen LogP contribution in [0.3, 0.4) is 0 Å². The fourth-order valence-corrected chi connectivity index (χ4v) is 3.77.